The van der Waals surface area contributed by atoms with E-state index in [0.29, 0.717) is 24.3 Å². The van der Waals surface area contributed by atoms with Crippen LogP contribution in [0, 0.1) is 0 Å². The van der Waals surface area contributed by atoms with Gasteiger partial charge in [0.1, 0.15) is 0 Å². The Balaban J connectivity index is 1.52. The Labute approximate surface area is 176 Å². The molecule has 1 fully saturated rings. The summed E-state index contributed by atoms with van der Waals surface area (Å²) in [4.78, 5) is 30.0. The molecule has 2 aromatic carbocycles. The zero-order chi connectivity index (χ0) is 22.2. The summed E-state index contributed by atoms with van der Waals surface area (Å²) in [5, 5.41) is 2.97. The van der Waals surface area contributed by atoms with Crippen molar-refractivity contribution in [3.63, 3.8) is 0 Å². The minimum Gasteiger partial charge on any atom is -0.375 e. The first kappa shape index (κ1) is 21.0. The van der Waals surface area contributed by atoms with Crippen molar-refractivity contribution in [1.82, 2.24) is 4.98 Å². The monoisotopic (exact) mass is 431 g/mol. The highest BCUT2D eigenvalue weighted by atomic mass is 19.4. The number of hydrogen-bond donors (Lipinski definition) is 1. The fourth-order valence-corrected chi connectivity index (χ4v) is 3.70. The largest absolute Gasteiger partial charge is 0.416 e. The number of aromatic nitrogens is 1. The van der Waals surface area contributed by atoms with Crippen molar-refractivity contribution in [1.29, 1.82) is 0 Å². The van der Waals surface area contributed by atoms with Gasteiger partial charge in [-0.15, -0.1) is 0 Å². The molecule has 0 saturated carbocycles. The molecular weight excluding hydrogens is 411 g/mol. The third-order valence-corrected chi connectivity index (χ3v) is 5.23. The van der Waals surface area contributed by atoms with Crippen LogP contribution >= 0.6 is 0 Å². The summed E-state index contributed by atoms with van der Waals surface area (Å²) in [7, 11) is 0. The molecule has 1 aliphatic heterocycles. The number of nitrogens with zero attached hydrogens (tertiary/aromatic N) is 2. The molecule has 31 heavy (non-hydrogen) atoms. The summed E-state index contributed by atoms with van der Waals surface area (Å²) >= 11 is 0. The summed E-state index contributed by atoms with van der Waals surface area (Å²) in [6.07, 6.45) is -5.23. The van der Waals surface area contributed by atoms with E-state index in [9.17, 15) is 22.8 Å². The lowest BCUT2D eigenvalue weighted by Gasteiger charge is -2.38. The van der Waals surface area contributed by atoms with Crippen molar-refractivity contribution in [3.8, 4) is 11.1 Å². The van der Waals surface area contributed by atoms with Gasteiger partial charge in [-0.05, 0) is 36.8 Å². The highest BCUT2D eigenvalue weighted by Crippen LogP contribution is 2.31. The summed E-state index contributed by atoms with van der Waals surface area (Å²) < 4.78 is 44.3. The van der Waals surface area contributed by atoms with E-state index >= 15 is 0 Å². The van der Waals surface area contributed by atoms with Gasteiger partial charge in [0.15, 0.2) is 6.10 Å². The zero-order valence-electron chi connectivity index (χ0n) is 16.6. The number of morpholine rings is 1. The molecule has 9 heteroatoms. The lowest BCUT2D eigenvalue weighted by atomic mass is 9.98. The minimum atomic E-state index is -4.44. The van der Waals surface area contributed by atoms with Gasteiger partial charge in [0.25, 0.3) is 0 Å². The summed E-state index contributed by atoms with van der Waals surface area (Å²) in [5.41, 5.74) is 1.16. The normalized spacial score (nSPS) is 19.5. The van der Waals surface area contributed by atoms with Crippen LogP contribution in [0.25, 0.3) is 11.1 Å². The molecule has 1 N–H and O–H groups in total. The number of ether oxygens (including phenoxy) is 1. The Hall–Kier alpha value is -3.20. The van der Waals surface area contributed by atoms with E-state index in [1.54, 1.807) is 54.4 Å². The van der Waals surface area contributed by atoms with E-state index in [4.69, 9.17) is 4.74 Å². The number of nitrogens with one attached hydrogen (secondary N) is 1. The van der Waals surface area contributed by atoms with Crippen LogP contribution in [0.1, 0.15) is 12.6 Å². The first-order chi connectivity index (χ1) is 14.7. The SMILES string of the molecule is CC1CN(c2ccc(-c3c(NCc4ccccn4)c(=O)c3=O)cc2)CC(C(F)(F)F)O1. The topological polar surface area (TPSA) is 71.5 Å². The highest BCUT2D eigenvalue weighted by Gasteiger charge is 2.45. The molecule has 2 atom stereocenters. The van der Waals surface area contributed by atoms with Gasteiger partial charge >= 0.3 is 6.18 Å². The maximum atomic E-state index is 13.1. The standard InChI is InChI=1S/C22H20F3N3O3/c1-13-11-28(12-17(31-13)22(23,24)25)16-7-5-14(6-8-16)18-19(21(30)20(18)29)27-10-15-4-2-3-9-26-15/h2-9,13,17,27H,10-12H2,1H3. The van der Waals surface area contributed by atoms with Crippen molar-refractivity contribution in [2.75, 3.05) is 23.3 Å². The van der Waals surface area contributed by atoms with Crippen molar-refractivity contribution in [2.45, 2.75) is 31.9 Å². The molecule has 1 aromatic heterocycles. The molecule has 6 nitrogen and oxygen atoms in total. The number of pyridine rings is 1. The Bertz CT molecular complexity index is 1120. The van der Waals surface area contributed by atoms with Crippen LogP contribution in [0.15, 0.2) is 58.3 Å². The van der Waals surface area contributed by atoms with E-state index in [-0.39, 0.29) is 17.8 Å². The summed E-state index contributed by atoms with van der Waals surface area (Å²) in [6.45, 7) is 1.91. The first-order valence-electron chi connectivity index (χ1n) is 9.78. The molecule has 1 aliphatic rings. The molecule has 0 radical (unpaired) electrons. The van der Waals surface area contributed by atoms with Crippen LogP contribution in [0.3, 0.4) is 0 Å². The van der Waals surface area contributed by atoms with Crippen LogP contribution in [-0.4, -0.2) is 36.5 Å². The molecule has 0 spiro atoms. The molecule has 2 heterocycles. The number of benzene rings is 1. The van der Waals surface area contributed by atoms with E-state index in [1.807, 2.05) is 6.07 Å². The third kappa shape index (κ3) is 4.32. The Morgan fingerprint density at radius 3 is 2.48 bits per heavy atom. The van der Waals surface area contributed by atoms with Crippen LogP contribution < -0.4 is 21.1 Å². The fraction of sp³-hybridized carbons (Fsp3) is 0.318. The number of halogens is 3. The number of anilines is 2. The number of rotatable bonds is 5. The lowest BCUT2D eigenvalue weighted by Crippen LogP contribution is -2.52. The van der Waals surface area contributed by atoms with E-state index in [1.165, 1.54) is 0 Å². The predicted octanol–water partition coefficient (Wildman–Crippen LogP) is 3.11. The Morgan fingerprint density at radius 2 is 1.84 bits per heavy atom. The van der Waals surface area contributed by atoms with E-state index in [2.05, 4.69) is 10.3 Å². The van der Waals surface area contributed by atoms with Gasteiger partial charge in [-0.3, -0.25) is 14.6 Å². The smallest absolute Gasteiger partial charge is 0.375 e. The maximum Gasteiger partial charge on any atom is 0.416 e. The molecule has 1 saturated heterocycles. The second kappa shape index (κ2) is 8.14. The van der Waals surface area contributed by atoms with Crippen LogP contribution in [-0.2, 0) is 11.3 Å². The van der Waals surface area contributed by atoms with Gasteiger partial charge in [-0.1, -0.05) is 18.2 Å². The van der Waals surface area contributed by atoms with Crippen molar-refractivity contribution in [3.05, 3.63) is 74.8 Å². The van der Waals surface area contributed by atoms with Gasteiger partial charge in [-0.25, -0.2) is 0 Å². The van der Waals surface area contributed by atoms with Gasteiger partial charge < -0.3 is 15.0 Å². The van der Waals surface area contributed by atoms with Crippen LogP contribution in [0.5, 0.6) is 0 Å². The average molecular weight is 431 g/mol. The molecule has 0 aliphatic carbocycles. The van der Waals surface area contributed by atoms with Gasteiger partial charge in [0.05, 0.1) is 36.1 Å². The van der Waals surface area contributed by atoms with Gasteiger partial charge in [0, 0.05) is 18.4 Å². The Morgan fingerprint density at radius 1 is 1.10 bits per heavy atom. The third-order valence-electron chi connectivity index (χ3n) is 5.23. The molecule has 162 valence electrons. The minimum absolute atomic E-state index is 0.223. The maximum absolute atomic E-state index is 13.1. The quantitative estimate of drug-likeness (QED) is 0.626. The molecule has 3 aromatic rings. The fourth-order valence-electron chi connectivity index (χ4n) is 3.70. The predicted molar refractivity (Wildman–Crippen MR) is 111 cm³/mol. The average Bonchev–Trinajstić information content (AvgIpc) is 2.76. The summed E-state index contributed by atoms with van der Waals surface area (Å²) in [6, 6.07) is 12.0. The van der Waals surface area contributed by atoms with Crippen molar-refractivity contribution < 1.29 is 17.9 Å². The molecular formula is C22H20F3N3O3. The lowest BCUT2D eigenvalue weighted by molar-refractivity contribution is -0.233. The number of alkyl halides is 3. The van der Waals surface area contributed by atoms with E-state index in [0.717, 1.165) is 5.69 Å². The molecule has 0 bridgehead atoms. The highest BCUT2D eigenvalue weighted by molar-refractivity contribution is 5.82. The van der Waals surface area contributed by atoms with E-state index < -0.39 is 29.2 Å². The van der Waals surface area contributed by atoms with Crippen LogP contribution in [0.2, 0.25) is 0 Å². The first-order valence-corrected chi connectivity index (χ1v) is 9.78. The summed E-state index contributed by atoms with van der Waals surface area (Å²) in [5.74, 6) is 0. The Kier molecular flexibility index (Phi) is 5.53. The second-order valence-electron chi connectivity index (χ2n) is 7.51. The van der Waals surface area contributed by atoms with Crippen LogP contribution in [0.4, 0.5) is 24.5 Å². The van der Waals surface area contributed by atoms with Crippen molar-refractivity contribution >= 4 is 11.4 Å². The molecule has 0 amide bonds. The second-order valence-corrected chi connectivity index (χ2v) is 7.51. The van der Waals surface area contributed by atoms with Gasteiger partial charge in [0.2, 0.25) is 10.9 Å². The number of hydrogen-bond acceptors (Lipinski definition) is 6. The molecule has 2 unspecified atom stereocenters. The zero-order valence-corrected chi connectivity index (χ0v) is 16.6. The van der Waals surface area contributed by atoms with Crippen molar-refractivity contribution in [2.24, 2.45) is 0 Å². The molecule has 4 rings (SSSR count). The van der Waals surface area contributed by atoms with Gasteiger partial charge in [-0.2, -0.15) is 13.2 Å².